The van der Waals surface area contributed by atoms with Gasteiger partial charge in [-0.15, -0.1) is 0 Å². The van der Waals surface area contributed by atoms with Crippen LogP contribution in [0.4, 0.5) is 11.4 Å². The van der Waals surface area contributed by atoms with Crippen molar-refractivity contribution in [1.82, 2.24) is 0 Å². The van der Waals surface area contributed by atoms with Crippen molar-refractivity contribution < 1.29 is 4.42 Å². The molecular formula is C40H31NO. The van der Waals surface area contributed by atoms with Crippen LogP contribution in [0.25, 0.3) is 44.2 Å². The molecule has 5 aromatic carbocycles. The second kappa shape index (κ2) is 8.36. The summed E-state index contributed by atoms with van der Waals surface area (Å²) in [4.78, 5) is 2.50. The Hall–Kier alpha value is -4.82. The van der Waals surface area contributed by atoms with E-state index in [4.69, 9.17) is 4.42 Å². The lowest BCUT2D eigenvalue weighted by Gasteiger charge is -2.26. The fourth-order valence-corrected chi connectivity index (χ4v) is 7.59. The molecule has 42 heavy (non-hydrogen) atoms. The molecule has 2 aliphatic carbocycles. The monoisotopic (exact) mass is 541 g/mol. The van der Waals surface area contributed by atoms with Gasteiger partial charge in [0.05, 0.1) is 5.69 Å². The highest BCUT2D eigenvalue weighted by atomic mass is 16.3. The van der Waals surface area contributed by atoms with Gasteiger partial charge in [-0.3, -0.25) is 0 Å². The molecule has 0 spiro atoms. The van der Waals surface area contributed by atoms with Gasteiger partial charge in [-0.1, -0.05) is 86.2 Å². The molecule has 0 fully saturated rings. The van der Waals surface area contributed by atoms with Gasteiger partial charge in [0.25, 0.3) is 0 Å². The van der Waals surface area contributed by atoms with Crippen LogP contribution in [-0.4, -0.2) is 0 Å². The molecule has 0 radical (unpaired) electrons. The lowest BCUT2D eigenvalue weighted by Crippen LogP contribution is -2.17. The summed E-state index contributed by atoms with van der Waals surface area (Å²) in [6.45, 7) is 6.86. The predicted molar refractivity (Wildman–Crippen MR) is 175 cm³/mol. The van der Waals surface area contributed by atoms with Crippen LogP contribution in [0.5, 0.6) is 0 Å². The Morgan fingerprint density at radius 2 is 1.45 bits per heavy atom. The van der Waals surface area contributed by atoms with Gasteiger partial charge in [-0.25, -0.2) is 0 Å². The standard InChI is InChI=1S/C40H31NO/c1-24-12-14-25(15-13-24)26-16-18-27(19-17-26)41-36-10-6-4-8-28(36)32-20-30-31-21-33-29-9-5-7-11-38(29)42-39(33)23-35(31)40(2,3)34(30)22-37(32)41/h4-7,9-23,28H,8H2,1-3H3. The third kappa shape index (κ3) is 3.21. The van der Waals surface area contributed by atoms with Crippen LogP contribution in [0.2, 0.25) is 0 Å². The molecule has 0 N–H and O–H groups in total. The van der Waals surface area contributed by atoms with Gasteiger partial charge in [0.1, 0.15) is 11.2 Å². The molecule has 202 valence electrons. The van der Waals surface area contributed by atoms with Gasteiger partial charge in [-0.2, -0.15) is 0 Å². The molecule has 0 saturated carbocycles. The minimum absolute atomic E-state index is 0.131. The van der Waals surface area contributed by atoms with Crippen LogP contribution in [0.1, 0.15) is 48.4 Å². The maximum Gasteiger partial charge on any atom is 0.135 e. The molecule has 2 nitrogen and oxygen atoms in total. The van der Waals surface area contributed by atoms with Crippen LogP contribution < -0.4 is 4.90 Å². The Balaban J connectivity index is 1.21. The van der Waals surface area contributed by atoms with Crippen LogP contribution in [-0.2, 0) is 5.41 Å². The summed E-state index contributed by atoms with van der Waals surface area (Å²) in [5.41, 5.74) is 16.3. The number of benzene rings is 5. The van der Waals surface area contributed by atoms with Crippen molar-refractivity contribution in [3.8, 4) is 22.3 Å². The SMILES string of the molecule is Cc1ccc(-c2ccc(N3C4=CC=CCC4c4cc5c(cc43)C(C)(C)c3cc4oc6ccccc6c4cc3-5)cc2)cc1. The molecule has 3 aliphatic rings. The normalized spacial score (nSPS) is 17.7. The summed E-state index contributed by atoms with van der Waals surface area (Å²) in [5, 5.41) is 2.38. The molecule has 1 aromatic heterocycles. The molecule has 0 bridgehead atoms. The average molecular weight is 542 g/mol. The average Bonchev–Trinajstić information content (AvgIpc) is 3.61. The zero-order chi connectivity index (χ0) is 28.2. The first-order valence-corrected chi connectivity index (χ1v) is 15.0. The van der Waals surface area contributed by atoms with Crippen molar-refractivity contribution in [2.24, 2.45) is 0 Å². The Kier molecular flexibility index (Phi) is 4.75. The number of furan rings is 1. The van der Waals surface area contributed by atoms with Gasteiger partial charge in [-0.05, 0) is 101 Å². The lowest BCUT2D eigenvalue weighted by atomic mass is 9.81. The molecule has 0 saturated heterocycles. The number of para-hydroxylation sites is 1. The summed E-state index contributed by atoms with van der Waals surface area (Å²) < 4.78 is 6.32. The second-order valence-electron chi connectivity index (χ2n) is 12.6. The first-order chi connectivity index (χ1) is 20.5. The summed E-state index contributed by atoms with van der Waals surface area (Å²) in [6.07, 6.45) is 7.87. The molecule has 1 aliphatic heterocycles. The van der Waals surface area contributed by atoms with Crippen LogP contribution in [0.15, 0.2) is 125 Å². The van der Waals surface area contributed by atoms with Gasteiger partial charge in [0, 0.05) is 33.5 Å². The topological polar surface area (TPSA) is 16.4 Å². The largest absolute Gasteiger partial charge is 0.456 e. The van der Waals surface area contributed by atoms with Gasteiger partial charge < -0.3 is 9.32 Å². The molecule has 0 amide bonds. The Labute approximate surface area is 246 Å². The maximum atomic E-state index is 6.32. The van der Waals surface area contributed by atoms with Gasteiger partial charge >= 0.3 is 0 Å². The third-order valence-corrected chi connectivity index (χ3v) is 9.84. The van der Waals surface area contributed by atoms with Crippen LogP contribution >= 0.6 is 0 Å². The summed E-state index contributed by atoms with van der Waals surface area (Å²) in [7, 11) is 0. The first-order valence-electron chi connectivity index (χ1n) is 15.0. The molecule has 2 heteroatoms. The quantitative estimate of drug-likeness (QED) is 0.217. The van der Waals surface area contributed by atoms with Crippen molar-refractivity contribution in [2.45, 2.75) is 38.5 Å². The highest BCUT2D eigenvalue weighted by Crippen LogP contribution is 2.57. The van der Waals surface area contributed by atoms with Gasteiger partial charge in [0.2, 0.25) is 0 Å². The number of nitrogens with zero attached hydrogens (tertiary/aromatic N) is 1. The first kappa shape index (κ1) is 23.8. The fourth-order valence-electron chi connectivity index (χ4n) is 7.59. The minimum atomic E-state index is -0.131. The van der Waals surface area contributed by atoms with Crippen molar-refractivity contribution in [1.29, 1.82) is 0 Å². The van der Waals surface area contributed by atoms with Crippen LogP contribution in [0, 0.1) is 6.92 Å². The van der Waals surface area contributed by atoms with Crippen molar-refractivity contribution in [2.75, 3.05) is 4.90 Å². The highest BCUT2D eigenvalue weighted by molar-refractivity contribution is 6.08. The molecule has 1 unspecified atom stereocenters. The van der Waals surface area contributed by atoms with E-state index in [1.165, 1.54) is 72.4 Å². The molecule has 9 rings (SSSR count). The zero-order valence-electron chi connectivity index (χ0n) is 24.1. The molecule has 2 heterocycles. The summed E-state index contributed by atoms with van der Waals surface area (Å²) in [6, 6.07) is 35.9. The molecule has 1 atom stereocenters. The number of allylic oxidation sites excluding steroid dienone is 4. The Morgan fingerprint density at radius 3 is 2.26 bits per heavy atom. The van der Waals surface area contributed by atoms with E-state index in [-0.39, 0.29) is 5.41 Å². The number of fused-ring (bicyclic) bond motifs is 9. The number of hydrogen-bond acceptors (Lipinski definition) is 2. The smallest absolute Gasteiger partial charge is 0.135 e. The van der Waals surface area contributed by atoms with E-state index in [1.807, 2.05) is 6.07 Å². The van der Waals surface area contributed by atoms with Crippen LogP contribution in [0.3, 0.4) is 0 Å². The van der Waals surface area contributed by atoms with E-state index >= 15 is 0 Å². The molecular weight excluding hydrogens is 510 g/mol. The summed E-state index contributed by atoms with van der Waals surface area (Å²) >= 11 is 0. The van der Waals surface area contributed by atoms with E-state index in [2.05, 4.69) is 135 Å². The molecule has 6 aromatic rings. The third-order valence-electron chi connectivity index (χ3n) is 9.84. The minimum Gasteiger partial charge on any atom is -0.456 e. The summed E-state index contributed by atoms with van der Waals surface area (Å²) in [5.74, 6) is 0.359. The maximum absolute atomic E-state index is 6.32. The lowest BCUT2D eigenvalue weighted by molar-refractivity contribution is 0.647. The number of anilines is 2. The second-order valence-corrected chi connectivity index (χ2v) is 12.6. The van der Waals surface area contributed by atoms with Crippen molar-refractivity contribution in [3.05, 3.63) is 143 Å². The predicted octanol–water partition coefficient (Wildman–Crippen LogP) is 10.9. The fraction of sp³-hybridized carbons (Fsp3) is 0.150. The van der Waals surface area contributed by atoms with E-state index in [9.17, 15) is 0 Å². The van der Waals surface area contributed by atoms with Gasteiger partial charge in [0.15, 0.2) is 0 Å². The van der Waals surface area contributed by atoms with E-state index in [0.29, 0.717) is 5.92 Å². The van der Waals surface area contributed by atoms with Crippen molar-refractivity contribution in [3.63, 3.8) is 0 Å². The Bertz CT molecular complexity index is 2140. The highest BCUT2D eigenvalue weighted by Gasteiger charge is 2.42. The number of aryl methyl sites for hydroxylation is 1. The van der Waals surface area contributed by atoms with E-state index < -0.39 is 0 Å². The van der Waals surface area contributed by atoms with E-state index in [0.717, 1.165) is 17.6 Å². The van der Waals surface area contributed by atoms with Crippen molar-refractivity contribution >= 4 is 33.3 Å². The number of rotatable bonds is 2. The number of hydrogen-bond donors (Lipinski definition) is 0. The Morgan fingerprint density at radius 1 is 0.738 bits per heavy atom. The zero-order valence-corrected chi connectivity index (χ0v) is 24.1. The van der Waals surface area contributed by atoms with E-state index in [1.54, 1.807) is 0 Å².